The molecule has 0 amide bonds. The lowest BCUT2D eigenvalue weighted by molar-refractivity contribution is -0.322. The number of benzene rings is 1. The quantitative estimate of drug-likeness (QED) is 0.300. The molecule has 2 aliphatic heterocycles. The highest BCUT2D eigenvalue weighted by Gasteiger charge is 2.45. The van der Waals surface area contributed by atoms with E-state index in [4.69, 9.17) is 18.9 Å². The molecule has 1 aromatic carbocycles. The van der Waals surface area contributed by atoms with Gasteiger partial charge in [0.1, 0.15) is 42.7 Å². The van der Waals surface area contributed by atoms with Gasteiger partial charge in [0.05, 0.1) is 19.8 Å². The topological polar surface area (TPSA) is 158 Å². The van der Waals surface area contributed by atoms with E-state index in [1.165, 1.54) is 0 Å². The van der Waals surface area contributed by atoms with Crippen LogP contribution in [0.1, 0.15) is 5.56 Å². The second kappa shape index (κ2) is 9.55. The zero-order valence-corrected chi connectivity index (χ0v) is 15.0. The number of aliphatic hydroxyl groups excluding tert-OH is 6. The van der Waals surface area contributed by atoms with Gasteiger partial charge in [0.2, 0.25) is 0 Å². The van der Waals surface area contributed by atoms with Gasteiger partial charge < -0.3 is 49.6 Å². The average molecular weight is 402 g/mol. The summed E-state index contributed by atoms with van der Waals surface area (Å²) < 4.78 is 21.5. The largest absolute Gasteiger partial charge is 0.388 e. The van der Waals surface area contributed by atoms with Gasteiger partial charge in [-0.05, 0) is 5.56 Å². The number of hydrogen-bond donors (Lipinski definition) is 6. The van der Waals surface area contributed by atoms with Crippen LogP contribution in [-0.2, 0) is 25.6 Å². The highest BCUT2D eigenvalue weighted by atomic mass is 16.7. The van der Waals surface area contributed by atoms with Crippen LogP contribution in [0.25, 0.3) is 0 Å². The van der Waals surface area contributed by atoms with Crippen molar-refractivity contribution in [2.45, 2.75) is 61.9 Å². The molecule has 158 valence electrons. The molecule has 0 unspecified atom stereocenters. The SMILES string of the molecule is O[C@@H]1[C@@H](O)[C@@H](OCc2ccccc2)O[C@H](CO[C@H]2OC[C@@H](O)[C@H](O)[C@H]2O)[C@H]1O. The molecule has 0 aliphatic carbocycles. The molecule has 3 rings (SSSR count). The molecule has 1 aromatic rings. The maximum absolute atomic E-state index is 10.1. The first-order valence-corrected chi connectivity index (χ1v) is 9.01. The van der Waals surface area contributed by atoms with E-state index >= 15 is 0 Å². The standard InChI is InChI=1S/C18H26O10/c19-10-7-26-17(15(23)12(10)20)27-8-11-13(21)14(22)16(24)18(28-11)25-6-9-4-2-1-3-5-9/h1-5,10-24H,6-8H2/t10-,11-,12+,13-,14+,15-,16-,17-,18+/m1/s1. The Bertz CT molecular complexity index is 601. The summed E-state index contributed by atoms with van der Waals surface area (Å²) in [4.78, 5) is 0. The maximum Gasteiger partial charge on any atom is 0.187 e. The summed E-state index contributed by atoms with van der Waals surface area (Å²) in [5, 5.41) is 59.3. The minimum Gasteiger partial charge on any atom is -0.388 e. The monoisotopic (exact) mass is 402 g/mol. The molecule has 0 radical (unpaired) electrons. The maximum atomic E-state index is 10.1. The van der Waals surface area contributed by atoms with Crippen LogP contribution in [0.4, 0.5) is 0 Å². The summed E-state index contributed by atoms with van der Waals surface area (Å²) in [5.41, 5.74) is 0.831. The molecule has 10 heteroatoms. The smallest absolute Gasteiger partial charge is 0.187 e. The Morgan fingerprint density at radius 3 is 2.18 bits per heavy atom. The van der Waals surface area contributed by atoms with Crippen molar-refractivity contribution in [3.05, 3.63) is 35.9 Å². The van der Waals surface area contributed by atoms with Crippen LogP contribution in [0.5, 0.6) is 0 Å². The van der Waals surface area contributed by atoms with E-state index in [-0.39, 0.29) is 19.8 Å². The van der Waals surface area contributed by atoms with Crippen molar-refractivity contribution in [3.63, 3.8) is 0 Å². The minimum atomic E-state index is -1.53. The predicted octanol–water partition coefficient (Wildman–Crippen LogP) is -2.53. The Kier molecular flexibility index (Phi) is 7.34. The zero-order valence-electron chi connectivity index (χ0n) is 15.0. The third-order valence-corrected chi connectivity index (χ3v) is 4.80. The normalized spacial score (nSPS) is 41.7. The van der Waals surface area contributed by atoms with Gasteiger partial charge >= 0.3 is 0 Å². The molecule has 2 heterocycles. The third-order valence-electron chi connectivity index (χ3n) is 4.80. The van der Waals surface area contributed by atoms with E-state index in [1.54, 1.807) is 0 Å². The fraction of sp³-hybridized carbons (Fsp3) is 0.667. The van der Waals surface area contributed by atoms with Gasteiger partial charge in [-0.3, -0.25) is 0 Å². The zero-order chi connectivity index (χ0) is 20.3. The van der Waals surface area contributed by atoms with Crippen LogP contribution < -0.4 is 0 Å². The lowest BCUT2D eigenvalue weighted by atomic mass is 9.99. The average Bonchev–Trinajstić information content (AvgIpc) is 2.71. The first kappa shape index (κ1) is 21.5. The van der Waals surface area contributed by atoms with Crippen LogP contribution in [0.2, 0.25) is 0 Å². The Balaban J connectivity index is 1.56. The van der Waals surface area contributed by atoms with E-state index in [2.05, 4.69) is 0 Å². The highest BCUT2D eigenvalue weighted by Crippen LogP contribution is 2.25. The fourth-order valence-corrected chi connectivity index (χ4v) is 3.06. The first-order chi connectivity index (χ1) is 13.4. The van der Waals surface area contributed by atoms with Crippen LogP contribution in [0.3, 0.4) is 0 Å². The predicted molar refractivity (Wildman–Crippen MR) is 91.6 cm³/mol. The Hall–Kier alpha value is -1.18. The molecule has 0 saturated carbocycles. The van der Waals surface area contributed by atoms with Crippen molar-refractivity contribution >= 4 is 0 Å². The Labute approximate surface area is 161 Å². The fourth-order valence-electron chi connectivity index (χ4n) is 3.06. The molecule has 0 spiro atoms. The molecule has 28 heavy (non-hydrogen) atoms. The van der Waals surface area contributed by atoms with E-state index in [0.29, 0.717) is 0 Å². The van der Waals surface area contributed by atoms with Crippen molar-refractivity contribution < 1.29 is 49.6 Å². The summed E-state index contributed by atoms with van der Waals surface area (Å²) in [5.74, 6) is 0. The summed E-state index contributed by atoms with van der Waals surface area (Å²) in [7, 11) is 0. The van der Waals surface area contributed by atoms with Crippen LogP contribution in [0, 0.1) is 0 Å². The molecule has 9 atom stereocenters. The van der Waals surface area contributed by atoms with Crippen molar-refractivity contribution in [3.8, 4) is 0 Å². The highest BCUT2D eigenvalue weighted by molar-refractivity contribution is 5.13. The summed E-state index contributed by atoms with van der Waals surface area (Å²) >= 11 is 0. The molecule has 0 aromatic heterocycles. The number of hydrogen-bond acceptors (Lipinski definition) is 10. The van der Waals surface area contributed by atoms with Crippen molar-refractivity contribution in [1.82, 2.24) is 0 Å². The molecular weight excluding hydrogens is 376 g/mol. The van der Waals surface area contributed by atoms with Gasteiger partial charge in [-0.1, -0.05) is 30.3 Å². The summed E-state index contributed by atoms with van der Waals surface area (Å²) in [6.45, 7) is -0.435. The minimum absolute atomic E-state index is 0.119. The third kappa shape index (κ3) is 4.86. The summed E-state index contributed by atoms with van der Waals surface area (Å²) in [6, 6.07) is 9.14. The molecule has 10 nitrogen and oxygen atoms in total. The number of ether oxygens (including phenoxy) is 4. The first-order valence-electron chi connectivity index (χ1n) is 9.01. The van der Waals surface area contributed by atoms with Gasteiger partial charge in [0.25, 0.3) is 0 Å². The van der Waals surface area contributed by atoms with Gasteiger partial charge in [-0.25, -0.2) is 0 Å². The Morgan fingerprint density at radius 1 is 0.786 bits per heavy atom. The van der Waals surface area contributed by atoms with E-state index < -0.39 is 55.3 Å². The van der Waals surface area contributed by atoms with Gasteiger partial charge in [-0.2, -0.15) is 0 Å². The lowest BCUT2D eigenvalue weighted by Crippen LogP contribution is -2.60. The second-order valence-electron chi connectivity index (χ2n) is 6.89. The van der Waals surface area contributed by atoms with Crippen LogP contribution in [0.15, 0.2) is 30.3 Å². The second-order valence-corrected chi connectivity index (χ2v) is 6.89. The van der Waals surface area contributed by atoms with Gasteiger partial charge in [0, 0.05) is 0 Å². The molecule has 0 bridgehead atoms. The summed E-state index contributed by atoms with van der Waals surface area (Å²) in [6.07, 6.45) is -12.2. The number of aliphatic hydroxyl groups is 6. The van der Waals surface area contributed by atoms with E-state index in [9.17, 15) is 30.6 Å². The molecule has 2 aliphatic rings. The van der Waals surface area contributed by atoms with Crippen molar-refractivity contribution in [1.29, 1.82) is 0 Å². The lowest BCUT2D eigenvalue weighted by Gasteiger charge is -2.41. The molecule has 2 saturated heterocycles. The van der Waals surface area contributed by atoms with Crippen molar-refractivity contribution in [2.24, 2.45) is 0 Å². The van der Waals surface area contributed by atoms with Crippen LogP contribution in [-0.4, -0.2) is 99.2 Å². The van der Waals surface area contributed by atoms with Gasteiger partial charge in [-0.15, -0.1) is 0 Å². The molecule has 6 N–H and O–H groups in total. The Morgan fingerprint density at radius 2 is 1.46 bits per heavy atom. The number of rotatable bonds is 6. The molecule has 2 fully saturated rings. The van der Waals surface area contributed by atoms with Crippen LogP contribution >= 0.6 is 0 Å². The van der Waals surface area contributed by atoms with E-state index in [0.717, 1.165) is 5.56 Å². The molecular formula is C18H26O10. The van der Waals surface area contributed by atoms with Gasteiger partial charge in [0.15, 0.2) is 12.6 Å². The van der Waals surface area contributed by atoms with Crippen molar-refractivity contribution in [2.75, 3.05) is 13.2 Å². The van der Waals surface area contributed by atoms with E-state index in [1.807, 2.05) is 30.3 Å².